The molecule has 8 heteroatoms. The first-order valence-corrected chi connectivity index (χ1v) is 11.7. The molecule has 0 heterocycles. The lowest BCUT2D eigenvalue weighted by molar-refractivity contribution is -0.112. The van der Waals surface area contributed by atoms with E-state index < -0.39 is 11.9 Å². The molecule has 3 aromatic carbocycles. The Hall–Kier alpha value is -3.71. The van der Waals surface area contributed by atoms with Gasteiger partial charge in [-0.05, 0) is 95.2 Å². The van der Waals surface area contributed by atoms with Crippen molar-refractivity contribution in [1.29, 1.82) is 5.26 Å². The average Bonchev–Trinajstić information content (AvgIpc) is 2.84. The predicted molar refractivity (Wildman–Crippen MR) is 140 cm³/mol. The fourth-order valence-corrected chi connectivity index (χ4v) is 4.15. The lowest BCUT2D eigenvalue weighted by Gasteiger charge is -2.13. The number of carbonyl (C=O) groups is 2. The maximum absolute atomic E-state index is 13.6. The van der Waals surface area contributed by atoms with Crippen LogP contribution in [0.1, 0.15) is 34.0 Å². The van der Waals surface area contributed by atoms with Gasteiger partial charge in [-0.1, -0.05) is 12.1 Å². The van der Waals surface area contributed by atoms with E-state index in [1.54, 1.807) is 31.2 Å². The van der Waals surface area contributed by atoms with Crippen LogP contribution in [0.15, 0.2) is 66.2 Å². The maximum Gasteiger partial charge on any atom is 0.338 e. The standard InChI is InChI=1S/C27H22FIN2O4/c1-3-35-27(33)19-7-9-22(10-8-19)31-26(32)20(16-30)11-18-14-24(29)23(25(15-18)34-2)13-17-5-4-6-21(28)12-17/h4-12,14-15H,3,13H2,1-2H3,(H,31,32)/b20-11+. The van der Waals surface area contributed by atoms with Gasteiger partial charge in [-0.3, -0.25) is 4.79 Å². The quantitative estimate of drug-likeness (QED) is 0.158. The minimum Gasteiger partial charge on any atom is -0.496 e. The lowest BCUT2D eigenvalue weighted by atomic mass is 10.0. The summed E-state index contributed by atoms with van der Waals surface area (Å²) in [6, 6.07) is 18.0. The zero-order valence-corrected chi connectivity index (χ0v) is 21.3. The molecule has 0 aliphatic rings. The van der Waals surface area contributed by atoms with E-state index in [4.69, 9.17) is 9.47 Å². The van der Waals surface area contributed by atoms with E-state index in [0.29, 0.717) is 29.0 Å². The summed E-state index contributed by atoms with van der Waals surface area (Å²) in [6.45, 7) is 1.99. The molecule has 0 spiro atoms. The summed E-state index contributed by atoms with van der Waals surface area (Å²) in [6.07, 6.45) is 1.94. The number of ether oxygens (including phenoxy) is 2. The van der Waals surface area contributed by atoms with Crippen molar-refractivity contribution in [2.45, 2.75) is 13.3 Å². The first-order chi connectivity index (χ1) is 16.8. The van der Waals surface area contributed by atoms with Gasteiger partial charge < -0.3 is 14.8 Å². The normalized spacial score (nSPS) is 10.9. The number of methoxy groups -OCH3 is 1. The van der Waals surface area contributed by atoms with Gasteiger partial charge in [0.05, 0.1) is 19.3 Å². The SMILES string of the molecule is CCOC(=O)c1ccc(NC(=O)/C(C#N)=C/c2cc(I)c(Cc3cccc(F)c3)c(OC)c2)cc1. The Kier molecular flexibility index (Phi) is 8.98. The van der Waals surface area contributed by atoms with Crippen LogP contribution in [0.25, 0.3) is 6.08 Å². The van der Waals surface area contributed by atoms with E-state index in [1.807, 2.05) is 18.2 Å². The summed E-state index contributed by atoms with van der Waals surface area (Å²) < 4.78 is 24.9. The summed E-state index contributed by atoms with van der Waals surface area (Å²) in [7, 11) is 1.53. The highest BCUT2D eigenvalue weighted by Gasteiger charge is 2.14. The summed E-state index contributed by atoms with van der Waals surface area (Å²) in [4.78, 5) is 24.5. The van der Waals surface area contributed by atoms with E-state index in [-0.39, 0.29) is 18.0 Å². The minimum absolute atomic E-state index is 0.102. The Morgan fingerprint density at radius 1 is 1.14 bits per heavy atom. The van der Waals surface area contributed by atoms with Crippen molar-refractivity contribution >= 4 is 46.2 Å². The van der Waals surface area contributed by atoms with Crippen LogP contribution in [-0.4, -0.2) is 25.6 Å². The summed E-state index contributed by atoms with van der Waals surface area (Å²) >= 11 is 2.16. The van der Waals surface area contributed by atoms with Crippen molar-refractivity contribution in [2.75, 3.05) is 19.0 Å². The molecule has 3 rings (SSSR count). The maximum atomic E-state index is 13.6. The Labute approximate surface area is 216 Å². The van der Waals surface area contributed by atoms with Gasteiger partial charge in [-0.15, -0.1) is 0 Å². The summed E-state index contributed by atoms with van der Waals surface area (Å²) in [5.41, 5.74) is 2.98. The van der Waals surface area contributed by atoms with Gasteiger partial charge >= 0.3 is 5.97 Å². The summed E-state index contributed by atoms with van der Waals surface area (Å²) in [5, 5.41) is 12.2. The minimum atomic E-state index is -0.589. The van der Waals surface area contributed by atoms with E-state index >= 15 is 0 Å². The van der Waals surface area contributed by atoms with E-state index in [0.717, 1.165) is 14.7 Å². The molecular weight excluding hydrogens is 562 g/mol. The van der Waals surface area contributed by atoms with Crippen LogP contribution >= 0.6 is 22.6 Å². The van der Waals surface area contributed by atoms with Crippen LogP contribution in [-0.2, 0) is 16.0 Å². The monoisotopic (exact) mass is 584 g/mol. The van der Waals surface area contributed by atoms with Crippen molar-refractivity contribution in [3.05, 3.63) is 97.9 Å². The molecule has 0 aromatic heterocycles. The molecule has 0 radical (unpaired) electrons. The number of benzene rings is 3. The molecule has 0 aliphatic heterocycles. The Bertz CT molecular complexity index is 1310. The topological polar surface area (TPSA) is 88.4 Å². The third kappa shape index (κ3) is 6.90. The average molecular weight is 584 g/mol. The largest absolute Gasteiger partial charge is 0.496 e. The molecule has 6 nitrogen and oxygen atoms in total. The molecule has 0 aliphatic carbocycles. The number of esters is 1. The van der Waals surface area contributed by atoms with Gasteiger partial charge in [0.2, 0.25) is 0 Å². The van der Waals surface area contributed by atoms with Crippen molar-refractivity contribution in [3.63, 3.8) is 0 Å². The molecule has 3 aromatic rings. The highest BCUT2D eigenvalue weighted by molar-refractivity contribution is 14.1. The van der Waals surface area contributed by atoms with Gasteiger partial charge in [0.25, 0.3) is 5.91 Å². The first-order valence-electron chi connectivity index (χ1n) is 10.7. The lowest BCUT2D eigenvalue weighted by Crippen LogP contribution is -2.13. The second-order valence-corrected chi connectivity index (χ2v) is 8.57. The fourth-order valence-electron chi connectivity index (χ4n) is 3.34. The van der Waals surface area contributed by atoms with Crippen LogP contribution in [0.5, 0.6) is 5.75 Å². The molecule has 0 atom stereocenters. The molecule has 1 N–H and O–H groups in total. The second kappa shape index (κ2) is 12.1. The Balaban J connectivity index is 1.81. The number of nitrogens with zero attached hydrogens (tertiary/aromatic N) is 1. The number of carbonyl (C=O) groups excluding carboxylic acids is 2. The third-order valence-electron chi connectivity index (χ3n) is 5.00. The zero-order valence-electron chi connectivity index (χ0n) is 19.1. The Morgan fingerprint density at radius 3 is 2.51 bits per heavy atom. The van der Waals surface area contributed by atoms with Crippen LogP contribution in [0.4, 0.5) is 10.1 Å². The molecule has 178 valence electrons. The third-order valence-corrected chi connectivity index (χ3v) is 5.96. The molecule has 0 unspecified atom stereocenters. The van der Waals surface area contributed by atoms with E-state index in [2.05, 4.69) is 27.9 Å². The predicted octanol–water partition coefficient (Wildman–Crippen LogP) is 5.75. The Morgan fingerprint density at radius 2 is 1.89 bits per heavy atom. The number of nitriles is 1. The van der Waals surface area contributed by atoms with Crippen LogP contribution in [0.2, 0.25) is 0 Å². The van der Waals surface area contributed by atoms with Crippen molar-refractivity contribution in [3.8, 4) is 11.8 Å². The van der Waals surface area contributed by atoms with Crippen molar-refractivity contribution in [1.82, 2.24) is 0 Å². The van der Waals surface area contributed by atoms with Crippen molar-refractivity contribution < 1.29 is 23.5 Å². The molecular formula is C27H22FIN2O4. The van der Waals surface area contributed by atoms with Gasteiger partial charge in [0.1, 0.15) is 23.2 Å². The smallest absolute Gasteiger partial charge is 0.338 e. The number of hydrogen-bond acceptors (Lipinski definition) is 5. The van der Waals surface area contributed by atoms with E-state index in [1.165, 1.54) is 37.5 Å². The van der Waals surface area contributed by atoms with Crippen LogP contribution in [0, 0.1) is 20.7 Å². The number of amides is 1. The molecule has 0 fully saturated rings. The molecule has 0 saturated heterocycles. The van der Waals surface area contributed by atoms with E-state index in [9.17, 15) is 19.2 Å². The van der Waals surface area contributed by atoms with Gasteiger partial charge in [-0.2, -0.15) is 5.26 Å². The fraction of sp³-hybridized carbons (Fsp3) is 0.148. The highest BCUT2D eigenvalue weighted by Crippen LogP contribution is 2.30. The van der Waals surface area contributed by atoms with Crippen LogP contribution < -0.4 is 10.1 Å². The number of halogens is 2. The molecule has 0 saturated carbocycles. The first kappa shape index (κ1) is 25.9. The molecule has 1 amide bonds. The van der Waals surface area contributed by atoms with Crippen molar-refractivity contribution in [2.24, 2.45) is 0 Å². The van der Waals surface area contributed by atoms with Gasteiger partial charge in [0, 0.05) is 21.2 Å². The number of anilines is 1. The highest BCUT2D eigenvalue weighted by atomic mass is 127. The second-order valence-electron chi connectivity index (χ2n) is 7.41. The number of rotatable bonds is 8. The van der Waals surface area contributed by atoms with Gasteiger partial charge in [-0.25, -0.2) is 9.18 Å². The zero-order chi connectivity index (χ0) is 25.4. The van der Waals surface area contributed by atoms with Gasteiger partial charge in [0.15, 0.2) is 0 Å². The molecule has 35 heavy (non-hydrogen) atoms. The van der Waals surface area contributed by atoms with Crippen LogP contribution in [0.3, 0.4) is 0 Å². The summed E-state index contributed by atoms with van der Waals surface area (Å²) in [5.74, 6) is -0.780. The number of nitrogens with one attached hydrogen (secondary N) is 1. The molecule has 0 bridgehead atoms. The number of hydrogen-bond donors (Lipinski definition) is 1.